The number of ether oxygens (including phenoxy) is 2. The van der Waals surface area contributed by atoms with Crippen LogP contribution in [0.2, 0.25) is 0 Å². The molecule has 0 atom stereocenters. The van der Waals surface area contributed by atoms with Crippen LogP contribution in [0.5, 0.6) is 0 Å². The Labute approximate surface area is 147 Å². The number of carbonyl (C=O) groups is 2. The van der Waals surface area contributed by atoms with E-state index in [4.69, 9.17) is 9.47 Å². The van der Waals surface area contributed by atoms with Crippen LogP contribution in [0.15, 0.2) is 18.3 Å². The summed E-state index contributed by atoms with van der Waals surface area (Å²) >= 11 is 0. The number of esters is 2. The predicted molar refractivity (Wildman–Crippen MR) is 90.0 cm³/mol. The van der Waals surface area contributed by atoms with Crippen molar-refractivity contribution in [2.45, 2.75) is 76.4 Å². The van der Waals surface area contributed by atoms with Crippen LogP contribution < -0.4 is 4.73 Å². The number of pyridine rings is 1. The number of aromatic nitrogens is 1. The normalized spacial score (nSPS) is 19.4. The van der Waals surface area contributed by atoms with Gasteiger partial charge in [0.2, 0.25) is 0 Å². The molecule has 6 heteroatoms. The Morgan fingerprint density at radius 3 is 1.96 bits per heavy atom. The van der Waals surface area contributed by atoms with Crippen molar-refractivity contribution in [2.75, 3.05) is 0 Å². The van der Waals surface area contributed by atoms with Gasteiger partial charge < -0.3 is 14.7 Å². The molecule has 1 aromatic rings. The minimum Gasteiger partial charge on any atom is -0.618 e. The Hall–Kier alpha value is -2.11. The highest BCUT2D eigenvalue weighted by atomic mass is 16.6. The summed E-state index contributed by atoms with van der Waals surface area (Å²) in [5.41, 5.74) is 0.0527. The maximum atomic E-state index is 12.3. The van der Waals surface area contributed by atoms with Gasteiger partial charge in [-0.2, -0.15) is 4.73 Å². The first-order valence-corrected chi connectivity index (χ1v) is 9.28. The van der Waals surface area contributed by atoms with E-state index in [0.717, 1.165) is 64.0 Å². The molecule has 0 saturated heterocycles. The highest BCUT2D eigenvalue weighted by Gasteiger charge is 2.26. The zero-order valence-corrected chi connectivity index (χ0v) is 14.4. The molecule has 6 nitrogen and oxygen atoms in total. The van der Waals surface area contributed by atoms with Crippen molar-refractivity contribution >= 4 is 11.9 Å². The summed E-state index contributed by atoms with van der Waals surface area (Å²) in [6.45, 7) is 0. The molecule has 0 bridgehead atoms. The van der Waals surface area contributed by atoms with Gasteiger partial charge in [-0.1, -0.05) is 12.8 Å². The fourth-order valence-corrected chi connectivity index (χ4v) is 3.56. The van der Waals surface area contributed by atoms with Crippen molar-refractivity contribution in [1.82, 2.24) is 0 Å². The summed E-state index contributed by atoms with van der Waals surface area (Å²) in [5.74, 6) is -1.16. The molecular weight excluding hydrogens is 322 g/mol. The number of hydrogen-bond donors (Lipinski definition) is 0. The first-order valence-electron chi connectivity index (χ1n) is 9.28. The third kappa shape index (κ3) is 4.71. The number of nitrogens with zero attached hydrogens (tertiary/aromatic N) is 1. The SMILES string of the molecule is O=C(OC1CCCCC1)c1cc[n+]([O-])c(C(=O)OC2CCCCC2)c1. The van der Waals surface area contributed by atoms with E-state index >= 15 is 0 Å². The van der Waals surface area contributed by atoms with Crippen LogP contribution in [0.4, 0.5) is 0 Å². The third-order valence-electron chi connectivity index (χ3n) is 5.02. The van der Waals surface area contributed by atoms with E-state index in [1.54, 1.807) is 0 Å². The smallest absolute Gasteiger partial charge is 0.405 e. The summed E-state index contributed by atoms with van der Waals surface area (Å²) in [5, 5.41) is 11.9. The summed E-state index contributed by atoms with van der Waals surface area (Å²) in [4.78, 5) is 24.6. The van der Waals surface area contributed by atoms with Crippen molar-refractivity contribution in [2.24, 2.45) is 0 Å². The lowest BCUT2D eigenvalue weighted by molar-refractivity contribution is -0.608. The molecule has 0 N–H and O–H groups in total. The van der Waals surface area contributed by atoms with Gasteiger partial charge in [-0.15, -0.1) is 0 Å². The molecule has 2 saturated carbocycles. The predicted octanol–water partition coefficient (Wildman–Crippen LogP) is 3.30. The fourth-order valence-electron chi connectivity index (χ4n) is 3.56. The molecule has 0 amide bonds. The highest BCUT2D eigenvalue weighted by molar-refractivity contribution is 5.93. The standard InChI is InChI=1S/C19H25NO5/c21-18(24-15-7-3-1-4-8-15)14-11-12-20(23)17(13-14)19(22)25-16-9-5-2-6-10-16/h11-13,15-16H,1-10H2. The Morgan fingerprint density at radius 1 is 0.880 bits per heavy atom. The number of hydrogen-bond acceptors (Lipinski definition) is 5. The zero-order chi connectivity index (χ0) is 17.6. The van der Waals surface area contributed by atoms with Crippen molar-refractivity contribution in [3.63, 3.8) is 0 Å². The van der Waals surface area contributed by atoms with E-state index in [-0.39, 0.29) is 23.5 Å². The van der Waals surface area contributed by atoms with Crippen molar-refractivity contribution in [3.05, 3.63) is 34.8 Å². The largest absolute Gasteiger partial charge is 0.618 e. The minimum absolute atomic E-state index is 0.0709. The quantitative estimate of drug-likeness (QED) is 0.474. The van der Waals surface area contributed by atoms with Gasteiger partial charge in [-0.05, 0) is 51.4 Å². The molecule has 0 aromatic carbocycles. The maximum absolute atomic E-state index is 12.3. The molecule has 136 valence electrons. The molecule has 1 heterocycles. The third-order valence-corrected chi connectivity index (χ3v) is 5.02. The van der Waals surface area contributed by atoms with E-state index < -0.39 is 11.9 Å². The maximum Gasteiger partial charge on any atom is 0.405 e. The molecule has 0 spiro atoms. The Kier molecular flexibility index (Phi) is 5.89. The first-order chi connectivity index (χ1) is 12.1. The molecule has 0 unspecified atom stereocenters. The second-order valence-corrected chi connectivity index (χ2v) is 6.96. The second kappa shape index (κ2) is 8.32. The van der Waals surface area contributed by atoms with Crippen molar-refractivity contribution in [3.8, 4) is 0 Å². The summed E-state index contributed by atoms with van der Waals surface area (Å²) in [6, 6.07) is 2.67. The van der Waals surface area contributed by atoms with E-state index in [1.165, 1.54) is 18.6 Å². The van der Waals surface area contributed by atoms with Crippen LogP contribution in [0, 0.1) is 5.21 Å². The number of carbonyl (C=O) groups excluding carboxylic acids is 2. The average molecular weight is 347 g/mol. The molecule has 1 aromatic heterocycles. The Bertz CT molecular complexity index is 618. The molecule has 0 aliphatic heterocycles. The number of rotatable bonds is 4. The van der Waals surface area contributed by atoms with Crippen LogP contribution in [-0.4, -0.2) is 24.1 Å². The van der Waals surface area contributed by atoms with Crippen LogP contribution >= 0.6 is 0 Å². The Balaban J connectivity index is 1.66. The molecule has 2 fully saturated rings. The summed E-state index contributed by atoms with van der Waals surface area (Å²) in [6.07, 6.45) is 10.9. The second-order valence-electron chi connectivity index (χ2n) is 6.96. The molecule has 25 heavy (non-hydrogen) atoms. The molecule has 0 radical (unpaired) electrons. The highest BCUT2D eigenvalue weighted by Crippen LogP contribution is 2.22. The molecule has 2 aliphatic rings. The van der Waals surface area contributed by atoms with Gasteiger partial charge in [0, 0.05) is 12.1 Å². The topological polar surface area (TPSA) is 79.5 Å². The zero-order valence-electron chi connectivity index (χ0n) is 14.4. The fraction of sp³-hybridized carbons (Fsp3) is 0.632. The van der Waals surface area contributed by atoms with Gasteiger partial charge in [-0.3, -0.25) is 0 Å². The lowest BCUT2D eigenvalue weighted by Gasteiger charge is -2.22. The summed E-state index contributed by atoms with van der Waals surface area (Å²) < 4.78 is 11.4. The first kappa shape index (κ1) is 17.7. The van der Waals surface area contributed by atoms with Crippen LogP contribution in [0.25, 0.3) is 0 Å². The van der Waals surface area contributed by atoms with Crippen molar-refractivity contribution in [1.29, 1.82) is 0 Å². The van der Waals surface area contributed by atoms with Gasteiger partial charge >= 0.3 is 17.6 Å². The molecule has 2 aliphatic carbocycles. The Morgan fingerprint density at radius 2 is 1.40 bits per heavy atom. The molecule has 3 rings (SSSR count). The monoisotopic (exact) mass is 347 g/mol. The van der Waals surface area contributed by atoms with E-state index in [0.29, 0.717) is 4.73 Å². The minimum atomic E-state index is -0.672. The van der Waals surface area contributed by atoms with E-state index in [2.05, 4.69) is 0 Å². The van der Waals surface area contributed by atoms with Gasteiger partial charge in [0.25, 0.3) is 0 Å². The lowest BCUT2D eigenvalue weighted by Crippen LogP contribution is -2.37. The average Bonchev–Trinajstić information content (AvgIpc) is 2.63. The van der Waals surface area contributed by atoms with Gasteiger partial charge in [0.1, 0.15) is 12.2 Å². The van der Waals surface area contributed by atoms with Crippen LogP contribution in [-0.2, 0) is 9.47 Å². The van der Waals surface area contributed by atoms with Gasteiger partial charge in [0.15, 0.2) is 6.20 Å². The van der Waals surface area contributed by atoms with Gasteiger partial charge in [-0.25, -0.2) is 9.59 Å². The van der Waals surface area contributed by atoms with Gasteiger partial charge in [0.05, 0.1) is 5.56 Å². The summed E-state index contributed by atoms with van der Waals surface area (Å²) in [7, 11) is 0. The van der Waals surface area contributed by atoms with Crippen molar-refractivity contribution < 1.29 is 23.8 Å². The van der Waals surface area contributed by atoms with Crippen LogP contribution in [0.1, 0.15) is 85.1 Å². The van der Waals surface area contributed by atoms with E-state index in [1.807, 2.05) is 0 Å². The van der Waals surface area contributed by atoms with E-state index in [9.17, 15) is 14.8 Å². The molecular formula is C19H25NO5. The van der Waals surface area contributed by atoms with Crippen LogP contribution in [0.3, 0.4) is 0 Å². The lowest BCUT2D eigenvalue weighted by atomic mass is 9.98.